The van der Waals surface area contributed by atoms with Gasteiger partial charge in [0.1, 0.15) is 0 Å². The van der Waals surface area contributed by atoms with Crippen LogP contribution in [0, 0.1) is 17.3 Å². The Hall–Kier alpha value is -0.760. The molecule has 2 nitrogen and oxygen atoms in total. The Morgan fingerprint density at radius 1 is 1.33 bits per heavy atom. The van der Waals surface area contributed by atoms with Gasteiger partial charge in [0.2, 0.25) is 0 Å². The molecule has 4 atom stereocenters. The lowest BCUT2D eigenvalue weighted by Crippen LogP contribution is -2.15. The Morgan fingerprint density at radius 2 is 1.94 bits per heavy atom. The summed E-state index contributed by atoms with van der Waals surface area (Å²) in [5.41, 5.74) is 1.80. The Kier molecular flexibility index (Phi) is 3.59. The second-order valence-electron chi connectivity index (χ2n) is 6.71. The van der Waals surface area contributed by atoms with Crippen molar-refractivity contribution in [1.29, 1.82) is 0 Å². The molecule has 0 aromatic rings. The fourth-order valence-corrected chi connectivity index (χ4v) is 3.12. The fraction of sp³-hybridized carbons (Fsp3) is 0.750. The van der Waals surface area contributed by atoms with Crippen molar-refractivity contribution in [3.63, 3.8) is 0 Å². The van der Waals surface area contributed by atoms with Crippen molar-refractivity contribution in [1.82, 2.24) is 0 Å². The first-order valence-electron chi connectivity index (χ1n) is 7.03. The summed E-state index contributed by atoms with van der Waals surface area (Å²) < 4.78 is 6.00. The van der Waals surface area contributed by atoms with Crippen LogP contribution in [0.15, 0.2) is 23.5 Å². The summed E-state index contributed by atoms with van der Waals surface area (Å²) in [6.45, 7) is 10.7. The number of ether oxygens (including phenoxy) is 1. The summed E-state index contributed by atoms with van der Waals surface area (Å²) in [7, 11) is 0. The molecule has 2 aliphatic carbocycles. The Bertz CT molecular complexity index is 377. The molecule has 0 unspecified atom stereocenters. The van der Waals surface area contributed by atoms with E-state index in [0.29, 0.717) is 23.7 Å². The van der Waals surface area contributed by atoms with Crippen molar-refractivity contribution in [2.75, 3.05) is 0 Å². The van der Waals surface area contributed by atoms with Gasteiger partial charge in [-0.05, 0) is 44.1 Å². The van der Waals surface area contributed by atoms with Gasteiger partial charge in [0.25, 0.3) is 0 Å². The molecule has 1 fully saturated rings. The van der Waals surface area contributed by atoms with Crippen molar-refractivity contribution < 1.29 is 9.84 Å². The summed E-state index contributed by atoms with van der Waals surface area (Å²) in [6.07, 6.45) is 6.13. The van der Waals surface area contributed by atoms with E-state index in [2.05, 4.69) is 32.9 Å². The van der Waals surface area contributed by atoms with E-state index in [4.69, 9.17) is 4.74 Å². The molecule has 0 heterocycles. The summed E-state index contributed by atoms with van der Waals surface area (Å²) >= 11 is 0. The van der Waals surface area contributed by atoms with Gasteiger partial charge in [0, 0.05) is 12.8 Å². The van der Waals surface area contributed by atoms with Gasteiger partial charge in [-0.3, -0.25) is 0 Å². The van der Waals surface area contributed by atoms with E-state index in [1.54, 1.807) is 0 Å². The topological polar surface area (TPSA) is 29.5 Å². The molecule has 1 saturated carbocycles. The first kappa shape index (κ1) is 13.7. The standard InChI is InChI=1S/C16H26O2/c1-10-6-13(18-12(3)8-11(2)17)9-15-14(7-10)16(15,4)5/h7,9,11-12,14-15,17H,6,8H2,1-5H3/t11-,12-,14-,15+/m1/s1. The zero-order valence-electron chi connectivity index (χ0n) is 12.2. The molecule has 2 rings (SSSR count). The number of hydrogen-bond acceptors (Lipinski definition) is 2. The van der Waals surface area contributed by atoms with E-state index >= 15 is 0 Å². The molecule has 1 N–H and O–H groups in total. The highest BCUT2D eigenvalue weighted by molar-refractivity contribution is 5.29. The minimum absolute atomic E-state index is 0.0856. The molecule has 0 saturated heterocycles. The second kappa shape index (κ2) is 4.73. The van der Waals surface area contributed by atoms with Crippen LogP contribution in [-0.2, 0) is 4.74 Å². The Balaban J connectivity index is 2.03. The maximum atomic E-state index is 9.39. The third-order valence-corrected chi connectivity index (χ3v) is 4.30. The average Bonchev–Trinajstić information content (AvgIpc) is 2.74. The fourth-order valence-electron chi connectivity index (χ4n) is 3.12. The Labute approximate surface area is 111 Å². The van der Waals surface area contributed by atoms with Crippen LogP contribution in [0.2, 0.25) is 0 Å². The van der Waals surface area contributed by atoms with E-state index in [1.165, 1.54) is 5.57 Å². The molecule has 0 radical (unpaired) electrons. The number of aliphatic hydroxyl groups excluding tert-OH is 1. The van der Waals surface area contributed by atoms with Crippen molar-refractivity contribution in [2.24, 2.45) is 17.3 Å². The van der Waals surface area contributed by atoms with E-state index < -0.39 is 0 Å². The highest BCUT2D eigenvalue weighted by Crippen LogP contribution is 2.61. The lowest BCUT2D eigenvalue weighted by molar-refractivity contribution is 0.0691. The molecule has 102 valence electrons. The summed E-state index contributed by atoms with van der Waals surface area (Å²) in [5.74, 6) is 2.41. The monoisotopic (exact) mass is 250 g/mol. The largest absolute Gasteiger partial charge is 0.495 e. The van der Waals surface area contributed by atoms with Crippen molar-refractivity contribution >= 4 is 0 Å². The van der Waals surface area contributed by atoms with Gasteiger partial charge < -0.3 is 9.84 Å². The zero-order chi connectivity index (χ0) is 13.5. The average molecular weight is 250 g/mol. The maximum absolute atomic E-state index is 9.39. The normalized spacial score (nSPS) is 32.6. The smallest absolute Gasteiger partial charge is 0.0979 e. The van der Waals surface area contributed by atoms with Crippen LogP contribution < -0.4 is 0 Å². The van der Waals surface area contributed by atoms with Gasteiger partial charge in [0.15, 0.2) is 0 Å². The van der Waals surface area contributed by atoms with Crippen LogP contribution in [0.3, 0.4) is 0 Å². The van der Waals surface area contributed by atoms with E-state index in [-0.39, 0.29) is 12.2 Å². The summed E-state index contributed by atoms with van der Waals surface area (Å²) in [5, 5.41) is 9.39. The maximum Gasteiger partial charge on any atom is 0.0979 e. The van der Waals surface area contributed by atoms with E-state index in [9.17, 15) is 5.11 Å². The first-order valence-corrected chi connectivity index (χ1v) is 7.03. The molecular formula is C16H26O2. The summed E-state index contributed by atoms with van der Waals surface area (Å²) in [6, 6.07) is 0. The minimum atomic E-state index is -0.298. The third-order valence-electron chi connectivity index (χ3n) is 4.30. The van der Waals surface area contributed by atoms with Crippen LogP contribution in [0.1, 0.15) is 47.5 Å². The predicted molar refractivity (Wildman–Crippen MR) is 74.1 cm³/mol. The molecule has 0 amide bonds. The van der Waals surface area contributed by atoms with Gasteiger partial charge in [-0.2, -0.15) is 0 Å². The molecule has 0 bridgehead atoms. The van der Waals surface area contributed by atoms with Crippen molar-refractivity contribution in [3.8, 4) is 0 Å². The van der Waals surface area contributed by atoms with Gasteiger partial charge in [-0.25, -0.2) is 0 Å². The summed E-state index contributed by atoms with van der Waals surface area (Å²) in [4.78, 5) is 0. The number of fused-ring (bicyclic) bond motifs is 1. The van der Waals surface area contributed by atoms with E-state index in [0.717, 1.165) is 12.2 Å². The lowest BCUT2D eigenvalue weighted by atomic mass is 10.0. The molecule has 2 aliphatic rings. The number of hydrogen-bond donors (Lipinski definition) is 1. The van der Waals surface area contributed by atoms with Crippen molar-refractivity contribution in [3.05, 3.63) is 23.5 Å². The minimum Gasteiger partial charge on any atom is -0.495 e. The van der Waals surface area contributed by atoms with Crippen LogP contribution >= 0.6 is 0 Å². The Morgan fingerprint density at radius 3 is 2.56 bits per heavy atom. The van der Waals surface area contributed by atoms with Crippen LogP contribution in [0.4, 0.5) is 0 Å². The highest BCUT2D eigenvalue weighted by Gasteiger charge is 2.55. The second-order valence-corrected chi connectivity index (χ2v) is 6.71. The molecule has 2 heteroatoms. The SMILES string of the molecule is CC1=C[C@@H]2[C@H](C=C(O[C@H](C)C[C@@H](C)O)C1)C2(C)C. The first-order chi connectivity index (χ1) is 8.30. The van der Waals surface area contributed by atoms with Crippen LogP contribution in [0.25, 0.3) is 0 Å². The van der Waals surface area contributed by atoms with Crippen LogP contribution in [-0.4, -0.2) is 17.3 Å². The molecule has 0 spiro atoms. The number of rotatable bonds is 4. The number of aliphatic hydroxyl groups is 1. The van der Waals surface area contributed by atoms with Crippen molar-refractivity contribution in [2.45, 2.75) is 59.7 Å². The zero-order valence-corrected chi connectivity index (χ0v) is 12.2. The van der Waals surface area contributed by atoms with Gasteiger partial charge >= 0.3 is 0 Å². The van der Waals surface area contributed by atoms with Gasteiger partial charge in [-0.15, -0.1) is 0 Å². The quantitative estimate of drug-likeness (QED) is 0.771. The number of allylic oxidation sites excluding steroid dienone is 3. The predicted octanol–water partition coefficient (Wildman–Crippen LogP) is 3.67. The molecule has 0 aliphatic heterocycles. The highest BCUT2D eigenvalue weighted by atomic mass is 16.5. The van der Waals surface area contributed by atoms with Crippen LogP contribution in [0.5, 0.6) is 0 Å². The van der Waals surface area contributed by atoms with Gasteiger partial charge in [0.05, 0.1) is 18.0 Å². The van der Waals surface area contributed by atoms with E-state index in [1.807, 2.05) is 13.8 Å². The van der Waals surface area contributed by atoms with Gasteiger partial charge in [-0.1, -0.05) is 25.5 Å². The molecular weight excluding hydrogens is 224 g/mol. The lowest BCUT2D eigenvalue weighted by Gasteiger charge is -2.19. The molecule has 0 aromatic carbocycles. The molecule has 18 heavy (non-hydrogen) atoms. The third kappa shape index (κ3) is 2.80. The molecule has 0 aromatic heterocycles.